The van der Waals surface area contributed by atoms with Gasteiger partial charge in [-0.2, -0.15) is 0 Å². The first-order valence-corrected chi connectivity index (χ1v) is 6.95. The Morgan fingerprint density at radius 2 is 1.68 bits per heavy atom. The van der Waals surface area contributed by atoms with E-state index in [4.69, 9.17) is 34.8 Å². The van der Waals surface area contributed by atoms with Crippen LogP contribution in [0.3, 0.4) is 0 Å². The van der Waals surface area contributed by atoms with Crippen LogP contribution in [-0.2, 0) is 0 Å². The van der Waals surface area contributed by atoms with Gasteiger partial charge in [0.1, 0.15) is 5.82 Å². The lowest BCUT2D eigenvalue weighted by Crippen LogP contribution is -1.99. The van der Waals surface area contributed by atoms with Crippen LogP contribution in [0.5, 0.6) is 0 Å². The van der Waals surface area contributed by atoms with E-state index in [2.05, 4.69) is 0 Å². The Hall–Kier alpha value is -0.760. The lowest BCUT2D eigenvalue weighted by atomic mass is 9.98. The lowest BCUT2D eigenvalue weighted by Gasteiger charge is -2.16. The predicted octanol–water partition coefficient (Wildman–Crippen LogP) is 6.08. The largest absolute Gasteiger partial charge is 0.207 e. The smallest absolute Gasteiger partial charge is 0.127 e. The van der Waals surface area contributed by atoms with Crippen molar-refractivity contribution in [1.82, 2.24) is 0 Å². The van der Waals surface area contributed by atoms with E-state index in [-0.39, 0.29) is 5.82 Å². The molecule has 4 heteroatoms. The Labute approximate surface area is 127 Å². The Balaban J connectivity index is 2.53. The SMILES string of the molecule is Cc1cc(C(Cl)c2cccc(Cl)c2C)c(Cl)cc1F. The first kappa shape index (κ1) is 14.6. The van der Waals surface area contributed by atoms with E-state index < -0.39 is 5.38 Å². The minimum atomic E-state index is -0.453. The molecule has 0 N–H and O–H groups in total. The first-order valence-electron chi connectivity index (χ1n) is 5.76. The second-order valence-corrected chi connectivity index (χ2v) is 5.69. The average Bonchev–Trinajstić information content (AvgIpc) is 2.36. The van der Waals surface area contributed by atoms with Crippen molar-refractivity contribution in [2.45, 2.75) is 19.2 Å². The maximum absolute atomic E-state index is 13.4. The fourth-order valence-electron chi connectivity index (χ4n) is 1.94. The molecule has 1 unspecified atom stereocenters. The van der Waals surface area contributed by atoms with Crippen molar-refractivity contribution in [3.05, 3.63) is 68.4 Å². The number of aryl methyl sites for hydroxylation is 1. The zero-order chi connectivity index (χ0) is 14.2. The summed E-state index contributed by atoms with van der Waals surface area (Å²) in [4.78, 5) is 0. The molecule has 2 aromatic rings. The Morgan fingerprint density at radius 1 is 1.00 bits per heavy atom. The molecule has 100 valence electrons. The van der Waals surface area contributed by atoms with Gasteiger partial charge < -0.3 is 0 Å². The van der Waals surface area contributed by atoms with E-state index in [0.717, 1.165) is 11.1 Å². The van der Waals surface area contributed by atoms with Crippen LogP contribution in [0.4, 0.5) is 4.39 Å². The molecule has 0 bridgehead atoms. The summed E-state index contributed by atoms with van der Waals surface area (Å²) in [6.07, 6.45) is 0. The first-order chi connectivity index (χ1) is 8.91. The summed E-state index contributed by atoms with van der Waals surface area (Å²) in [6, 6.07) is 8.51. The van der Waals surface area contributed by atoms with E-state index in [1.165, 1.54) is 6.07 Å². The average molecular weight is 318 g/mol. The van der Waals surface area contributed by atoms with Gasteiger partial charge in [-0.05, 0) is 54.3 Å². The molecular formula is C15H12Cl3F. The number of halogens is 4. The predicted molar refractivity (Wildman–Crippen MR) is 80.0 cm³/mol. The van der Waals surface area contributed by atoms with Crippen molar-refractivity contribution in [2.24, 2.45) is 0 Å². The second kappa shape index (κ2) is 5.70. The van der Waals surface area contributed by atoms with E-state index in [1.807, 2.05) is 25.1 Å². The maximum Gasteiger partial charge on any atom is 0.127 e. The molecule has 19 heavy (non-hydrogen) atoms. The highest BCUT2D eigenvalue weighted by molar-refractivity contribution is 6.33. The zero-order valence-electron chi connectivity index (χ0n) is 10.5. The third-order valence-corrected chi connectivity index (χ3v) is 4.34. The van der Waals surface area contributed by atoms with Gasteiger partial charge in [-0.1, -0.05) is 35.3 Å². The van der Waals surface area contributed by atoms with Crippen LogP contribution in [0, 0.1) is 19.7 Å². The van der Waals surface area contributed by atoms with E-state index in [9.17, 15) is 4.39 Å². The van der Waals surface area contributed by atoms with Crippen LogP contribution in [0.15, 0.2) is 30.3 Å². The molecule has 0 saturated carbocycles. The summed E-state index contributed by atoms with van der Waals surface area (Å²) in [6.45, 7) is 3.58. The normalized spacial score (nSPS) is 12.5. The van der Waals surface area contributed by atoms with Gasteiger partial charge in [-0.25, -0.2) is 4.39 Å². The van der Waals surface area contributed by atoms with Crippen molar-refractivity contribution in [3.8, 4) is 0 Å². The molecule has 1 atom stereocenters. The van der Waals surface area contributed by atoms with E-state index >= 15 is 0 Å². The molecule has 2 aromatic carbocycles. The van der Waals surface area contributed by atoms with Gasteiger partial charge in [0.25, 0.3) is 0 Å². The number of benzene rings is 2. The molecule has 0 heterocycles. The molecule has 0 aliphatic rings. The summed E-state index contributed by atoms with van der Waals surface area (Å²) >= 11 is 18.6. The van der Waals surface area contributed by atoms with Gasteiger partial charge in [-0.15, -0.1) is 11.6 Å². The molecule has 0 aliphatic heterocycles. The molecule has 0 radical (unpaired) electrons. The maximum atomic E-state index is 13.4. The van der Waals surface area contributed by atoms with Crippen molar-refractivity contribution in [2.75, 3.05) is 0 Å². The fraction of sp³-hybridized carbons (Fsp3) is 0.200. The second-order valence-electron chi connectivity index (χ2n) is 4.44. The number of hydrogen-bond acceptors (Lipinski definition) is 0. The Kier molecular flexibility index (Phi) is 4.39. The van der Waals surface area contributed by atoms with Gasteiger partial charge in [0, 0.05) is 10.0 Å². The molecule has 0 fully saturated rings. The molecule has 0 aromatic heterocycles. The summed E-state index contributed by atoms with van der Waals surface area (Å²) in [5.41, 5.74) is 2.99. The Bertz CT molecular complexity index is 623. The number of hydrogen-bond donors (Lipinski definition) is 0. The highest BCUT2D eigenvalue weighted by Crippen LogP contribution is 2.37. The van der Waals surface area contributed by atoms with Crippen LogP contribution in [-0.4, -0.2) is 0 Å². The molecule has 0 aliphatic carbocycles. The van der Waals surface area contributed by atoms with Gasteiger partial charge in [0.15, 0.2) is 0 Å². The molecule has 2 rings (SSSR count). The van der Waals surface area contributed by atoms with Crippen molar-refractivity contribution in [1.29, 1.82) is 0 Å². The lowest BCUT2D eigenvalue weighted by molar-refractivity contribution is 0.618. The third-order valence-electron chi connectivity index (χ3n) is 3.13. The van der Waals surface area contributed by atoms with Crippen LogP contribution < -0.4 is 0 Å². The summed E-state index contributed by atoms with van der Waals surface area (Å²) in [7, 11) is 0. The third kappa shape index (κ3) is 2.89. The van der Waals surface area contributed by atoms with Crippen LogP contribution >= 0.6 is 34.8 Å². The number of rotatable bonds is 2. The molecule has 0 saturated heterocycles. The summed E-state index contributed by atoms with van der Waals surface area (Å²) < 4.78 is 13.4. The number of alkyl halides is 1. The van der Waals surface area contributed by atoms with Crippen molar-refractivity contribution < 1.29 is 4.39 Å². The quantitative estimate of drug-likeness (QED) is 0.589. The van der Waals surface area contributed by atoms with Crippen LogP contribution in [0.2, 0.25) is 10.0 Å². The highest BCUT2D eigenvalue weighted by atomic mass is 35.5. The minimum absolute atomic E-state index is 0.322. The molecule has 0 amide bonds. The topological polar surface area (TPSA) is 0 Å². The molecule has 0 spiro atoms. The highest BCUT2D eigenvalue weighted by Gasteiger charge is 2.18. The van der Waals surface area contributed by atoms with Crippen molar-refractivity contribution in [3.63, 3.8) is 0 Å². The van der Waals surface area contributed by atoms with E-state index in [1.54, 1.807) is 13.0 Å². The Morgan fingerprint density at radius 3 is 2.37 bits per heavy atom. The van der Waals surface area contributed by atoms with Gasteiger partial charge in [-0.3, -0.25) is 0 Å². The standard InChI is InChI=1S/C15H12Cl3F/c1-8-6-11(13(17)7-14(8)19)15(18)10-4-3-5-12(16)9(10)2/h3-7,15H,1-2H3. The van der Waals surface area contributed by atoms with Crippen molar-refractivity contribution >= 4 is 34.8 Å². The monoisotopic (exact) mass is 316 g/mol. The van der Waals surface area contributed by atoms with Crippen LogP contribution in [0.1, 0.15) is 27.6 Å². The summed E-state index contributed by atoms with van der Waals surface area (Å²) in [5.74, 6) is -0.333. The van der Waals surface area contributed by atoms with E-state index in [0.29, 0.717) is 21.2 Å². The fourth-order valence-corrected chi connectivity index (χ4v) is 2.85. The summed E-state index contributed by atoms with van der Waals surface area (Å²) in [5, 5.41) is 0.520. The van der Waals surface area contributed by atoms with Gasteiger partial charge in [0.05, 0.1) is 5.38 Å². The van der Waals surface area contributed by atoms with Gasteiger partial charge in [0.2, 0.25) is 0 Å². The van der Waals surface area contributed by atoms with Gasteiger partial charge >= 0.3 is 0 Å². The zero-order valence-corrected chi connectivity index (χ0v) is 12.7. The van der Waals surface area contributed by atoms with Crippen LogP contribution in [0.25, 0.3) is 0 Å². The minimum Gasteiger partial charge on any atom is -0.207 e. The molecule has 0 nitrogen and oxygen atoms in total. The molecular weight excluding hydrogens is 306 g/mol.